The number of hydrogen-bond acceptors (Lipinski definition) is 2. The van der Waals surface area contributed by atoms with E-state index in [2.05, 4.69) is 25.1 Å². The third-order valence-corrected chi connectivity index (χ3v) is 5.77. The Morgan fingerprint density at radius 3 is 1.93 bits per heavy atom. The first-order valence-electron chi connectivity index (χ1n) is 12.7. The third kappa shape index (κ3) is 16.3. The monoisotopic (exact) mass is 418 g/mol. The summed E-state index contributed by atoms with van der Waals surface area (Å²) in [6.45, 7) is 2.95. The van der Waals surface area contributed by atoms with Crippen molar-refractivity contribution in [1.29, 1.82) is 0 Å². The Morgan fingerprint density at radius 2 is 1.33 bits per heavy atom. The van der Waals surface area contributed by atoms with Gasteiger partial charge in [0, 0.05) is 6.42 Å². The number of rotatable bonds is 21. The van der Waals surface area contributed by atoms with Gasteiger partial charge < -0.3 is 9.84 Å². The van der Waals surface area contributed by atoms with Gasteiger partial charge in [0.15, 0.2) is 0 Å². The van der Waals surface area contributed by atoms with Crippen molar-refractivity contribution in [3.8, 4) is 5.75 Å². The Balaban J connectivity index is 1.95. The van der Waals surface area contributed by atoms with E-state index >= 15 is 0 Å². The van der Waals surface area contributed by atoms with Crippen molar-refractivity contribution in [3.63, 3.8) is 0 Å². The van der Waals surface area contributed by atoms with Crippen LogP contribution in [0.15, 0.2) is 24.3 Å². The number of aryl methyl sites for hydroxylation is 1. The second-order valence-corrected chi connectivity index (χ2v) is 8.69. The van der Waals surface area contributed by atoms with Crippen LogP contribution in [0.25, 0.3) is 0 Å². The van der Waals surface area contributed by atoms with Crippen molar-refractivity contribution in [2.24, 2.45) is 0 Å². The summed E-state index contributed by atoms with van der Waals surface area (Å²) in [4.78, 5) is 10.5. The maximum Gasteiger partial charge on any atom is 0.303 e. The van der Waals surface area contributed by atoms with Gasteiger partial charge in [-0.25, -0.2) is 0 Å². The van der Waals surface area contributed by atoms with Gasteiger partial charge in [0.1, 0.15) is 5.75 Å². The molecule has 0 radical (unpaired) electrons. The molecule has 0 amide bonds. The van der Waals surface area contributed by atoms with Gasteiger partial charge >= 0.3 is 5.97 Å². The molecule has 1 aromatic carbocycles. The molecular formula is C27H46O3. The molecule has 0 aliphatic carbocycles. The fourth-order valence-corrected chi connectivity index (χ4v) is 3.88. The predicted octanol–water partition coefficient (Wildman–Crippen LogP) is 8.34. The third-order valence-electron chi connectivity index (χ3n) is 5.77. The van der Waals surface area contributed by atoms with E-state index in [1.165, 1.54) is 89.0 Å². The average molecular weight is 419 g/mol. The number of unbranched alkanes of at least 4 members (excludes halogenated alkanes) is 14. The number of benzene rings is 1. The van der Waals surface area contributed by atoms with E-state index in [0.29, 0.717) is 6.61 Å². The molecule has 1 N–H and O–H groups in total. The Labute approximate surface area is 185 Å². The van der Waals surface area contributed by atoms with Crippen molar-refractivity contribution in [1.82, 2.24) is 0 Å². The molecule has 30 heavy (non-hydrogen) atoms. The summed E-state index contributed by atoms with van der Waals surface area (Å²) in [7, 11) is 0. The van der Waals surface area contributed by atoms with Crippen LogP contribution >= 0.6 is 0 Å². The molecule has 0 saturated carbocycles. The van der Waals surface area contributed by atoms with Crippen LogP contribution < -0.4 is 4.74 Å². The molecule has 1 rings (SSSR count). The van der Waals surface area contributed by atoms with E-state index in [0.717, 1.165) is 31.4 Å². The van der Waals surface area contributed by atoms with Gasteiger partial charge in [-0.05, 0) is 49.8 Å². The largest absolute Gasteiger partial charge is 0.494 e. The van der Waals surface area contributed by atoms with Gasteiger partial charge in [-0.2, -0.15) is 0 Å². The zero-order valence-corrected chi connectivity index (χ0v) is 19.5. The van der Waals surface area contributed by atoms with Crippen molar-refractivity contribution in [2.45, 2.75) is 122 Å². The highest BCUT2D eigenvalue weighted by Crippen LogP contribution is 2.17. The molecule has 0 unspecified atom stereocenters. The molecule has 1 aromatic rings. The highest BCUT2D eigenvalue weighted by atomic mass is 16.5. The highest BCUT2D eigenvalue weighted by Gasteiger charge is 2.00. The molecule has 172 valence electrons. The first kappa shape index (κ1) is 26.5. The van der Waals surface area contributed by atoms with Crippen LogP contribution in [0, 0.1) is 0 Å². The van der Waals surface area contributed by atoms with Crippen LogP contribution in [0.4, 0.5) is 0 Å². The van der Waals surface area contributed by atoms with E-state index in [1.807, 2.05) is 6.07 Å². The van der Waals surface area contributed by atoms with Crippen LogP contribution in [0.5, 0.6) is 5.75 Å². The number of carboxylic acids is 1. The summed E-state index contributed by atoms with van der Waals surface area (Å²) < 4.78 is 5.83. The SMILES string of the molecule is CCCCCCCCCCCCCCCc1cccc(OCCCCCC(=O)O)c1. The lowest BCUT2D eigenvalue weighted by molar-refractivity contribution is -0.137. The van der Waals surface area contributed by atoms with E-state index < -0.39 is 5.97 Å². The first-order valence-corrected chi connectivity index (χ1v) is 12.7. The highest BCUT2D eigenvalue weighted by molar-refractivity contribution is 5.66. The summed E-state index contributed by atoms with van der Waals surface area (Å²) in [6, 6.07) is 8.46. The van der Waals surface area contributed by atoms with E-state index in [1.54, 1.807) is 0 Å². The molecule has 3 nitrogen and oxygen atoms in total. The van der Waals surface area contributed by atoms with Gasteiger partial charge in [-0.3, -0.25) is 4.79 Å². The van der Waals surface area contributed by atoms with E-state index in [9.17, 15) is 4.79 Å². The van der Waals surface area contributed by atoms with Crippen LogP contribution in [0.1, 0.15) is 122 Å². The van der Waals surface area contributed by atoms with Crippen LogP contribution in [0.2, 0.25) is 0 Å². The first-order chi connectivity index (χ1) is 14.7. The van der Waals surface area contributed by atoms with Gasteiger partial charge in [-0.1, -0.05) is 96.1 Å². The number of hydrogen-bond donors (Lipinski definition) is 1. The second-order valence-electron chi connectivity index (χ2n) is 8.69. The summed E-state index contributed by atoms with van der Waals surface area (Å²) >= 11 is 0. The summed E-state index contributed by atoms with van der Waals surface area (Å²) in [5, 5.41) is 8.64. The molecule has 0 aromatic heterocycles. The van der Waals surface area contributed by atoms with Crippen molar-refractivity contribution < 1.29 is 14.6 Å². The van der Waals surface area contributed by atoms with Gasteiger partial charge in [0.25, 0.3) is 0 Å². The van der Waals surface area contributed by atoms with E-state index in [-0.39, 0.29) is 6.42 Å². The van der Waals surface area contributed by atoms with Gasteiger partial charge in [0.05, 0.1) is 6.61 Å². The van der Waals surface area contributed by atoms with Crippen molar-refractivity contribution in [3.05, 3.63) is 29.8 Å². The van der Waals surface area contributed by atoms with Crippen LogP contribution in [0.3, 0.4) is 0 Å². The van der Waals surface area contributed by atoms with Crippen LogP contribution in [-0.2, 0) is 11.2 Å². The molecular weight excluding hydrogens is 372 g/mol. The Morgan fingerprint density at radius 1 is 0.767 bits per heavy atom. The molecule has 3 heteroatoms. The molecule has 0 spiro atoms. The Bertz CT molecular complexity index is 527. The molecule has 0 atom stereocenters. The summed E-state index contributed by atoms with van der Waals surface area (Å²) in [5.41, 5.74) is 1.36. The Hall–Kier alpha value is -1.51. The fraction of sp³-hybridized carbons (Fsp3) is 0.741. The molecule has 0 aliphatic heterocycles. The van der Waals surface area contributed by atoms with Gasteiger partial charge in [0.2, 0.25) is 0 Å². The lowest BCUT2D eigenvalue weighted by Gasteiger charge is -2.08. The molecule has 0 saturated heterocycles. The average Bonchev–Trinajstić information content (AvgIpc) is 2.74. The fourth-order valence-electron chi connectivity index (χ4n) is 3.88. The quantitative estimate of drug-likeness (QED) is 0.204. The molecule has 0 aliphatic rings. The lowest BCUT2D eigenvalue weighted by Crippen LogP contribution is -1.99. The predicted molar refractivity (Wildman–Crippen MR) is 127 cm³/mol. The lowest BCUT2D eigenvalue weighted by atomic mass is 10.0. The summed E-state index contributed by atoms with van der Waals surface area (Å²) in [6.07, 6.45) is 22.0. The summed E-state index contributed by atoms with van der Waals surface area (Å²) in [5.74, 6) is 0.234. The van der Waals surface area contributed by atoms with Gasteiger partial charge in [-0.15, -0.1) is 0 Å². The number of aliphatic carboxylic acids is 1. The van der Waals surface area contributed by atoms with Crippen molar-refractivity contribution >= 4 is 5.97 Å². The minimum Gasteiger partial charge on any atom is -0.494 e. The molecule has 0 fully saturated rings. The van der Waals surface area contributed by atoms with E-state index in [4.69, 9.17) is 9.84 Å². The Kier molecular flexibility index (Phi) is 17.2. The minimum absolute atomic E-state index is 0.259. The standard InChI is InChI=1S/C27H46O3/c1-2-3-4-5-6-7-8-9-10-11-12-13-15-19-25-20-18-21-26(24-25)30-23-17-14-16-22-27(28)29/h18,20-21,24H,2-17,19,22-23H2,1H3,(H,28,29). The number of carbonyl (C=O) groups is 1. The van der Waals surface area contributed by atoms with Crippen LogP contribution in [-0.4, -0.2) is 17.7 Å². The maximum absolute atomic E-state index is 10.5. The maximum atomic E-state index is 10.5. The van der Waals surface area contributed by atoms with Crippen molar-refractivity contribution in [2.75, 3.05) is 6.61 Å². The molecule has 0 bridgehead atoms. The topological polar surface area (TPSA) is 46.5 Å². The zero-order valence-electron chi connectivity index (χ0n) is 19.5. The zero-order chi connectivity index (χ0) is 21.7. The number of carboxylic acid groups (broad SMARTS) is 1. The second kappa shape index (κ2) is 19.5. The normalized spacial score (nSPS) is 11.0. The number of ether oxygens (including phenoxy) is 1. The minimum atomic E-state index is -0.711. The molecule has 0 heterocycles. The smallest absolute Gasteiger partial charge is 0.303 e.